The summed E-state index contributed by atoms with van der Waals surface area (Å²) in [6.07, 6.45) is 1.95. The number of aryl methyl sites for hydroxylation is 3. The Bertz CT molecular complexity index is 640. The molecule has 1 aliphatic heterocycles. The van der Waals surface area contributed by atoms with Crippen molar-refractivity contribution in [1.29, 1.82) is 0 Å². The van der Waals surface area contributed by atoms with Crippen molar-refractivity contribution >= 4 is 5.91 Å². The van der Waals surface area contributed by atoms with Crippen molar-refractivity contribution in [3.63, 3.8) is 0 Å². The van der Waals surface area contributed by atoms with Gasteiger partial charge in [0.1, 0.15) is 0 Å². The molecule has 1 atom stereocenters. The molecule has 0 aromatic carbocycles. The van der Waals surface area contributed by atoms with Gasteiger partial charge < -0.3 is 4.90 Å². The molecule has 8 heteroatoms. The lowest BCUT2D eigenvalue weighted by Crippen LogP contribution is -2.40. The molecule has 1 amide bonds. The van der Waals surface area contributed by atoms with Gasteiger partial charge in [0.2, 0.25) is 0 Å². The van der Waals surface area contributed by atoms with E-state index >= 15 is 0 Å². The molecule has 1 aliphatic rings. The van der Waals surface area contributed by atoms with Crippen molar-refractivity contribution in [2.45, 2.75) is 25.7 Å². The summed E-state index contributed by atoms with van der Waals surface area (Å²) in [4.78, 5) is 14.4. The zero-order valence-corrected chi connectivity index (χ0v) is 12.5. The molecule has 0 bridgehead atoms. The first-order valence-electron chi connectivity index (χ1n) is 7.08. The van der Waals surface area contributed by atoms with Gasteiger partial charge in [0.15, 0.2) is 11.5 Å². The van der Waals surface area contributed by atoms with Crippen LogP contribution in [0.25, 0.3) is 0 Å². The lowest BCUT2D eigenvalue weighted by Gasteiger charge is -2.31. The fourth-order valence-corrected chi connectivity index (χ4v) is 2.78. The predicted octanol–water partition coefficient (Wildman–Crippen LogP) is 0.272. The number of carbonyl (C=O) groups is 1. The van der Waals surface area contributed by atoms with E-state index in [1.807, 2.05) is 32.0 Å². The number of aromatic nitrogens is 6. The molecule has 0 saturated carbocycles. The van der Waals surface area contributed by atoms with Crippen molar-refractivity contribution in [3.05, 3.63) is 23.3 Å². The van der Waals surface area contributed by atoms with E-state index in [2.05, 4.69) is 20.6 Å². The predicted molar refractivity (Wildman–Crippen MR) is 74.6 cm³/mol. The molecule has 0 aliphatic carbocycles. The first-order chi connectivity index (χ1) is 10.1. The number of nitrogens with zero attached hydrogens (tertiary/aromatic N) is 7. The zero-order chi connectivity index (χ0) is 15.0. The van der Waals surface area contributed by atoms with Gasteiger partial charge in [0, 0.05) is 38.8 Å². The van der Waals surface area contributed by atoms with Crippen LogP contribution in [0.3, 0.4) is 0 Å². The van der Waals surface area contributed by atoms with E-state index in [1.54, 1.807) is 9.36 Å². The number of amides is 1. The van der Waals surface area contributed by atoms with E-state index in [-0.39, 0.29) is 11.8 Å². The summed E-state index contributed by atoms with van der Waals surface area (Å²) in [6.45, 7) is 3.34. The van der Waals surface area contributed by atoms with Crippen LogP contribution in [0.1, 0.15) is 40.8 Å². The number of hydrogen-bond donors (Lipinski definition) is 0. The van der Waals surface area contributed by atoms with Crippen LogP contribution < -0.4 is 0 Å². The van der Waals surface area contributed by atoms with Gasteiger partial charge in [0.25, 0.3) is 5.91 Å². The third-order valence-corrected chi connectivity index (χ3v) is 4.06. The molecular formula is C13H19N7O. The number of piperidine rings is 1. The molecule has 3 rings (SSSR count). The monoisotopic (exact) mass is 289 g/mol. The van der Waals surface area contributed by atoms with Crippen LogP contribution in [0.15, 0.2) is 6.07 Å². The van der Waals surface area contributed by atoms with E-state index in [9.17, 15) is 4.79 Å². The van der Waals surface area contributed by atoms with Crippen molar-refractivity contribution < 1.29 is 4.79 Å². The number of tetrazole rings is 1. The lowest BCUT2D eigenvalue weighted by molar-refractivity contribution is 0.0696. The van der Waals surface area contributed by atoms with Crippen molar-refractivity contribution in [3.8, 4) is 0 Å². The van der Waals surface area contributed by atoms with Crippen LogP contribution in [-0.2, 0) is 14.1 Å². The molecule has 2 aromatic rings. The maximum Gasteiger partial charge on any atom is 0.274 e. The summed E-state index contributed by atoms with van der Waals surface area (Å²) in [5.41, 5.74) is 1.48. The summed E-state index contributed by atoms with van der Waals surface area (Å²) in [5.74, 6) is 1.01. The topological polar surface area (TPSA) is 81.7 Å². The molecule has 1 fully saturated rings. The summed E-state index contributed by atoms with van der Waals surface area (Å²) in [5, 5.41) is 15.9. The maximum absolute atomic E-state index is 12.6. The van der Waals surface area contributed by atoms with E-state index in [4.69, 9.17) is 0 Å². The van der Waals surface area contributed by atoms with Gasteiger partial charge in [-0.25, -0.2) is 4.68 Å². The minimum atomic E-state index is -0.0153. The summed E-state index contributed by atoms with van der Waals surface area (Å²) in [7, 11) is 3.68. The highest BCUT2D eigenvalue weighted by Gasteiger charge is 2.29. The Hall–Kier alpha value is -2.25. The fraction of sp³-hybridized carbons (Fsp3) is 0.615. The summed E-state index contributed by atoms with van der Waals surface area (Å²) in [6, 6.07) is 1.83. The van der Waals surface area contributed by atoms with Gasteiger partial charge in [0.05, 0.1) is 0 Å². The van der Waals surface area contributed by atoms with Gasteiger partial charge in [-0.3, -0.25) is 9.48 Å². The van der Waals surface area contributed by atoms with Crippen molar-refractivity contribution in [1.82, 2.24) is 34.9 Å². The van der Waals surface area contributed by atoms with E-state index < -0.39 is 0 Å². The summed E-state index contributed by atoms with van der Waals surface area (Å²) >= 11 is 0. The normalized spacial score (nSPS) is 19.0. The van der Waals surface area contributed by atoms with Crippen LogP contribution in [0.5, 0.6) is 0 Å². The third-order valence-electron chi connectivity index (χ3n) is 4.06. The Labute approximate surface area is 122 Å². The Kier molecular flexibility index (Phi) is 3.44. The fourth-order valence-electron chi connectivity index (χ4n) is 2.78. The Balaban J connectivity index is 1.77. The van der Waals surface area contributed by atoms with Crippen LogP contribution in [0.2, 0.25) is 0 Å². The maximum atomic E-state index is 12.6. The third kappa shape index (κ3) is 2.53. The number of rotatable bonds is 2. The van der Waals surface area contributed by atoms with Crippen LogP contribution in [-0.4, -0.2) is 53.9 Å². The molecule has 3 heterocycles. The average molecular weight is 289 g/mol. The molecule has 0 N–H and O–H groups in total. The molecule has 0 radical (unpaired) electrons. The second-order valence-electron chi connectivity index (χ2n) is 5.55. The number of hydrogen-bond acceptors (Lipinski definition) is 5. The standard InChI is InChI=1S/C13H19N7O/c1-9-7-11(15-18(9)2)13(21)20-6-4-5-10(8-20)12-14-16-17-19(12)3/h7,10H,4-6,8H2,1-3H3. The van der Waals surface area contributed by atoms with Gasteiger partial charge in [-0.05, 0) is 36.3 Å². The molecule has 21 heavy (non-hydrogen) atoms. The van der Waals surface area contributed by atoms with E-state index in [0.717, 1.165) is 30.9 Å². The van der Waals surface area contributed by atoms with Crippen molar-refractivity contribution in [2.24, 2.45) is 14.1 Å². The minimum absolute atomic E-state index is 0.0153. The number of likely N-dealkylation sites (tertiary alicyclic amines) is 1. The van der Waals surface area contributed by atoms with Crippen LogP contribution >= 0.6 is 0 Å². The van der Waals surface area contributed by atoms with E-state index in [0.29, 0.717) is 12.2 Å². The number of carbonyl (C=O) groups excluding carboxylic acids is 1. The van der Waals surface area contributed by atoms with E-state index in [1.165, 1.54) is 0 Å². The quantitative estimate of drug-likeness (QED) is 0.792. The van der Waals surface area contributed by atoms with Crippen molar-refractivity contribution in [2.75, 3.05) is 13.1 Å². The van der Waals surface area contributed by atoms with Gasteiger partial charge in [-0.2, -0.15) is 5.10 Å². The van der Waals surface area contributed by atoms with Gasteiger partial charge in [-0.15, -0.1) is 5.10 Å². The smallest absolute Gasteiger partial charge is 0.274 e. The van der Waals surface area contributed by atoms with Crippen LogP contribution in [0.4, 0.5) is 0 Å². The van der Waals surface area contributed by atoms with Crippen LogP contribution in [0, 0.1) is 6.92 Å². The second kappa shape index (κ2) is 5.27. The highest BCUT2D eigenvalue weighted by atomic mass is 16.2. The molecule has 0 spiro atoms. The molecule has 112 valence electrons. The highest BCUT2D eigenvalue weighted by molar-refractivity contribution is 5.92. The zero-order valence-electron chi connectivity index (χ0n) is 12.5. The first-order valence-corrected chi connectivity index (χ1v) is 7.08. The average Bonchev–Trinajstić information content (AvgIpc) is 3.05. The molecule has 1 unspecified atom stereocenters. The summed E-state index contributed by atoms with van der Waals surface area (Å²) < 4.78 is 3.41. The second-order valence-corrected chi connectivity index (χ2v) is 5.55. The Morgan fingerprint density at radius 3 is 2.76 bits per heavy atom. The van der Waals surface area contributed by atoms with Gasteiger partial charge >= 0.3 is 0 Å². The Morgan fingerprint density at radius 1 is 1.33 bits per heavy atom. The minimum Gasteiger partial charge on any atom is -0.337 e. The SMILES string of the molecule is Cc1cc(C(=O)N2CCCC(c3nnnn3C)C2)nn1C. The highest BCUT2D eigenvalue weighted by Crippen LogP contribution is 2.25. The largest absolute Gasteiger partial charge is 0.337 e. The van der Waals surface area contributed by atoms with Gasteiger partial charge in [-0.1, -0.05) is 0 Å². The molecular weight excluding hydrogens is 270 g/mol. The first kappa shape index (κ1) is 13.7. The lowest BCUT2D eigenvalue weighted by atomic mass is 9.97. The molecule has 1 saturated heterocycles. The molecule has 8 nitrogen and oxygen atoms in total. The molecule has 2 aromatic heterocycles. The Morgan fingerprint density at radius 2 is 2.14 bits per heavy atom.